The minimum Gasteiger partial charge on any atom is -0.366 e. The quantitative estimate of drug-likeness (QED) is 0.717. The van der Waals surface area contributed by atoms with Crippen molar-refractivity contribution in [3.8, 4) is 0 Å². The summed E-state index contributed by atoms with van der Waals surface area (Å²) in [6.07, 6.45) is 7.02. The molecule has 0 saturated heterocycles. The fourth-order valence-corrected chi connectivity index (χ4v) is 2.59. The molecule has 1 amide bonds. The lowest BCUT2D eigenvalue weighted by molar-refractivity contribution is -0.114. The van der Waals surface area contributed by atoms with E-state index in [2.05, 4.69) is 26.8 Å². The Morgan fingerprint density at radius 1 is 1.19 bits per heavy atom. The maximum Gasteiger partial charge on any atom is 0.244 e. The van der Waals surface area contributed by atoms with Gasteiger partial charge in [-0.25, -0.2) is 0 Å². The van der Waals surface area contributed by atoms with Crippen molar-refractivity contribution in [2.45, 2.75) is 53.4 Å². The molecule has 0 aliphatic heterocycles. The molecule has 2 nitrogen and oxygen atoms in total. The van der Waals surface area contributed by atoms with Crippen LogP contribution in [0, 0.1) is 17.3 Å². The molecule has 92 valence electrons. The molecule has 1 aliphatic carbocycles. The molecular formula is C14H25NO. The van der Waals surface area contributed by atoms with Gasteiger partial charge in [0.1, 0.15) is 0 Å². The van der Waals surface area contributed by atoms with Gasteiger partial charge in [0, 0.05) is 5.57 Å². The molecule has 2 heteroatoms. The number of rotatable bonds is 2. The maximum absolute atomic E-state index is 11.0. The summed E-state index contributed by atoms with van der Waals surface area (Å²) in [4.78, 5) is 11.0. The highest BCUT2D eigenvalue weighted by atomic mass is 16.1. The first kappa shape index (κ1) is 13.3. The molecular weight excluding hydrogens is 198 g/mol. The van der Waals surface area contributed by atoms with Crippen molar-refractivity contribution in [3.63, 3.8) is 0 Å². The number of allylic oxidation sites excluding steroid dienone is 1. The van der Waals surface area contributed by atoms with E-state index < -0.39 is 0 Å². The first-order valence-electron chi connectivity index (χ1n) is 6.29. The average Bonchev–Trinajstić information content (AvgIpc) is 2.17. The summed E-state index contributed by atoms with van der Waals surface area (Å²) in [5, 5.41) is 0. The molecule has 1 fully saturated rings. The Kier molecular flexibility index (Phi) is 4.17. The van der Waals surface area contributed by atoms with Crippen molar-refractivity contribution in [3.05, 3.63) is 11.6 Å². The predicted molar refractivity (Wildman–Crippen MR) is 67.9 cm³/mol. The molecule has 0 aromatic carbocycles. The van der Waals surface area contributed by atoms with Gasteiger partial charge in [-0.05, 0) is 49.9 Å². The molecule has 0 aromatic heterocycles. The van der Waals surface area contributed by atoms with Crippen LogP contribution in [0.5, 0.6) is 0 Å². The Hall–Kier alpha value is -0.790. The first-order chi connectivity index (χ1) is 7.30. The van der Waals surface area contributed by atoms with E-state index in [-0.39, 0.29) is 5.91 Å². The summed E-state index contributed by atoms with van der Waals surface area (Å²) in [6, 6.07) is 0. The maximum atomic E-state index is 11.0. The Morgan fingerprint density at radius 2 is 1.69 bits per heavy atom. The van der Waals surface area contributed by atoms with E-state index in [1.54, 1.807) is 0 Å². The van der Waals surface area contributed by atoms with Crippen LogP contribution in [0.2, 0.25) is 0 Å². The van der Waals surface area contributed by atoms with Crippen molar-refractivity contribution in [1.82, 2.24) is 0 Å². The first-order valence-corrected chi connectivity index (χ1v) is 6.29. The Labute approximate surface area is 99.3 Å². The topological polar surface area (TPSA) is 43.1 Å². The molecule has 16 heavy (non-hydrogen) atoms. The van der Waals surface area contributed by atoms with E-state index in [1.165, 1.54) is 25.7 Å². The molecule has 0 heterocycles. The van der Waals surface area contributed by atoms with Crippen LogP contribution in [0.3, 0.4) is 0 Å². The fourth-order valence-electron chi connectivity index (χ4n) is 2.59. The third-order valence-corrected chi connectivity index (χ3v) is 3.87. The number of carbonyl (C=O) groups excluding carboxylic acids is 1. The van der Waals surface area contributed by atoms with E-state index in [1.807, 2.05) is 6.92 Å². The highest BCUT2D eigenvalue weighted by Gasteiger charge is 2.28. The summed E-state index contributed by atoms with van der Waals surface area (Å²) in [7, 11) is 0. The molecule has 0 atom stereocenters. The number of hydrogen-bond donors (Lipinski definition) is 1. The number of amides is 1. The molecule has 0 unspecified atom stereocenters. The summed E-state index contributed by atoms with van der Waals surface area (Å²) in [5.41, 5.74) is 6.39. The van der Waals surface area contributed by atoms with E-state index in [4.69, 9.17) is 5.73 Å². The molecule has 2 N–H and O–H groups in total. The lowest BCUT2D eigenvalue weighted by Gasteiger charge is -2.36. The molecule has 1 saturated carbocycles. The van der Waals surface area contributed by atoms with Gasteiger partial charge in [-0.1, -0.05) is 26.8 Å². The lowest BCUT2D eigenvalue weighted by atomic mass is 9.69. The van der Waals surface area contributed by atoms with E-state index >= 15 is 0 Å². The van der Waals surface area contributed by atoms with Crippen LogP contribution in [0.1, 0.15) is 53.4 Å². The molecule has 1 rings (SSSR count). The zero-order valence-electron chi connectivity index (χ0n) is 11.0. The van der Waals surface area contributed by atoms with Crippen molar-refractivity contribution in [1.29, 1.82) is 0 Å². The second-order valence-electron chi connectivity index (χ2n) is 6.19. The zero-order chi connectivity index (χ0) is 12.3. The minimum atomic E-state index is -0.280. The van der Waals surface area contributed by atoms with Crippen LogP contribution < -0.4 is 5.73 Å². The molecule has 0 aromatic rings. The highest BCUT2D eigenvalue weighted by molar-refractivity contribution is 5.91. The van der Waals surface area contributed by atoms with Crippen molar-refractivity contribution in [2.75, 3.05) is 0 Å². The van der Waals surface area contributed by atoms with Gasteiger partial charge in [-0.15, -0.1) is 0 Å². The minimum absolute atomic E-state index is 0.280. The normalized spacial score (nSPS) is 27.9. The monoisotopic (exact) mass is 223 g/mol. The smallest absolute Gasteiger partial charge is 0.244 e. The second kappa shape index (κ2) is 5.03. The van der Waals surface area contributed by atoms with Crippen LogP contribution in [0.4, 0.5) is 0 Å². The van der Waals surface area contributed by atoms with Gasteiger partial charge in [0.15, 0.2) is 0 Å². The van der Waals surface area contributed by atoms with Crippen LogP contribution >= 0.6 is 0 Å². The largest absolute Gasteiger partial charge is 0.366 e. The highest BCUT2D eigenvalue weighted by Crippen LogP contribution is 2.40. The van der Waals surface area contributed by atoms with Crippen LogP contribution in [-0.4, -0.2) is 5.91 Å². The average molecular weight is 223 g/mol. The van der Waals surface area contributed by atoms with E-state index in [9.17, 15) is 4.79 Å². The van der Waals surface area contributed by atoms with Crippen molar-refractivity contribution >= 4 is 5.91 Å². The predicted octanol–water partition coefficient (Wildman–Crippen LogP) is 3.27. The second-order valence-corrected chi connectivity index (χ2v) is 6.19. The van der Waals surface area contributed by atoms with Gasteiger partial charge in [-0.2, -0.15) is 0 Å². The lowest BCUT2D eigenvalue weighted by Crippen LogP contribution is -2.25. The van der Waals surface area contributed by atoms with Crippen molar-refractivity contribution in [2.24, 2.45) is 23.0 Å². The number of primary amides is 1. The number of hydrogen-bond acceptors (Lipinski definition) is 1. The van der Waals surface area contributed by atoms with E-state index in [0.29, 0.717) is 11.3 Å². The third kappa shape index (κ3) is 3.66. The Balaban J connectivity index is 2.50. The standard InChI is InChI=1S/C14H25NO/c1-10(13(15)16)9-11-5-7-12(8-6-11)14(2,3)4/h9,11-12H,5-8H2,1-4H3,(H2,15,16). The van der Waals surface area contributed by atoms with Crippen LogP contribution in [0.25, 0.3) is 0 Å². The Morgan fingerprint density at radius 3 is 2.06 bits per heavy atom. The van der Waals surface area contributed by atoms with Gasteiger partial charge in [-0.3, -0.25) is 4.79 Å². The summed E-state index contributed by atoms with van der Waals surface area (Å²) in [5.74, 6) is 1.11. The van der Waals surface area contributed by atoms with Crippen molar-refractivity contribution < 1.29 is 4.79 Å². The Bertz CT molecular complexity index is 278. The van der Waals surface area contributed by atoms with Gasteiger partial charge >= 0.3 is 0 Å². The molecule has 0 radical (unpaired) electrons. The van der Waals surface area contributed by atoms with Gasteiger partial charge < -0.3 is 5.73 Å². The summed E-state index contributed by atoms with van der Waals surface area (Å²) in [6.45, 7) is 8.78. The fraction of sp³-hybridized carbons (Fsp3) is 0.786. The molecule has 0 spiro atoms. The summed E-state index contributed by atoms with van der Waals surface area (Å²) < 4.78 is 0. The van der Waals surface area contributed by atoms with Gasteiger partial charge in [0.25, 0.3) is 0 Å². The molecule has 0 bridgehead atoms. The SMILES string of the molecule is CC(=CC1CCC(C(C)(C)C)CC1)C(N)=O. The zero-order valence-corrected chi connectivity index (χ0v) is 11.0. The van der Waals surface area contributed by atoms with Gasteiger partial charge in [0.05, 0.1) is 0 Å². The third-order valence-electron chi connectivity index (χ3n) is 3.87. The van der Waals surface area contributed by atoms with E-state index in [0.717, 1.165) is 11.5 Å². The summed E-state index contributed by atoms with van der Waals surface area (Å²) >= 11 is 0. The van der Waals surface area contributed by atoms with Crippen LogP contribution in [0.15, 0.2) is 11.6 Å². The number of carbonyl (C=O) groups is 1. The molecule has 1 aliphatic rings. The van der Waals surface area contributed by atoms with Gasteiger partial charge in [0.2, 0.25) is 5.91 Å². The number of nitrogens with two attached hydrogens (primary N) is 1. The van der Waals surface area contributed by atoms with Crippen LogP contribution in [-0.2, 0) is 4.79 Å².